The van der Waals surface area contributed by atoms with Gasteiger partial charge in [-0.3, -0.25) is 0 Å². The predicted octanol–water partition coefficient (Wildman–Crippen LogP) is 5.36. The van der Waals surface area contributed by atoms with Crippen LogP contribution in [0.4, 0.5) is 0 Å². The smallest absolute Gasteiger partial charge is 0.112 e. The molecule has 0 spiro atoms. The molecule has 24 heavy (non-hydrogen) atoms. The van der Waals surface area contributed by atoms with E-state index in [-0.39, 0.29) is 17.0 Å². The normalized spacial score (nSPS) is 10.9. The van der Waals surface area contributed by atoms with Crippen molar-refractivity contribution in [3.8, 4) is 0 Å². The van der Waals surface area contributed by atoms with Gasteiger partial charge in [0.05, 0.1) is 6.16 Å². The van der Waals surface area contributed by atoms with E-state index in [1.807, 2.05) is 0 Å². The maximum absolute atomic E-state index is 2.32. The highest BCUT2D eigenvalue weighted by atomic mass is 79.9. The maximum atomic E-state index is 2.32. The van der Waals surface area contributed by atoms with Crippen LogP contribution in [-0.4, -0.2) is 6.16 Å². The molecule has 3 aromatic carbocycles. The molecule has 0 amide bonds. The van der Waals surface area contributed by atoms with Crippen LogP contribution in [0.5, 0.6) is 0 Å². The Kier molecular flexibility index (Phi) is 7.21. The van der Waals surface area contributed by atoms with E-state index < -0.39 is 7.26 Å². The molecule has 0 N–H and O–H groups in total. The SMILES string of the molecule is Br.CCCC[P+](c1ccccc1)(c1ccccc1)c1ccccc1. The van der Waals surface area contributed by atoms with Gasteiger partial charge in [-0.25, -0.2) is 0 Å². The lowest BCUT2D eigenvalue weighted by Gasteiger charge is -2.27. The average molecular weight is 400 g/mol. The fourth-order valence-corrected chi connectivity index (χ4v) is 7.78. The van der Waals surface area contributed by atoms with E-state index in [2.05, 4.69) is 97.9 Å². The molecule has 0 aliphatic heterocycles. The van der Waals surface area contributed by atoms with Crippen LogP contribution in [0, 0.1) is 0 Å². The minimum atomic E-state index is -1.57. The van der Waals surface area contributed by atoms with Crippen LogP contribution in [0.15, 0.2) is 91.0 Å². The molecule has 0 aliphatic carbocycles. The minimum absolute atomic E-state index is 0. The molecular formula is C22H25BrP+. The van der Waals surface area contributed by atoms with E-state index >= 15 is 0 Å². The largest absolute Gasteiger partial charge is 0.114 e. The standard InChI is InChI=1S/C22H24P.BrH/c1-2-3-19-23(20-13-7-4-8-14-20,21-15-9-5-10-16-21)22-17-11-6-12-18-22;/h4-18H,2-3,19H2,1H3;1H/q+1;. The van der Waals surface area contributed by atoms with Crippen molar-refractivity contribution < 1.29 is 0 Å². The predicted molar refractivity (Wildman–Crippen MR) is 115 cm³/mol. The first-order chi connectivity index (χ1) is 11.4. The summed E-state index contributed by atoms with van der Waals surface area (Å²) in [7, 11) is -1.57. The van der Waals surface area contributed by atoms with Crippen LogP contribution < -0.4 is 15.9 Å². The summed E-state index contributed by atoms with van der Waals surface area (Å²) >= 11 is 0. The van der Waals surface area contributed by atoms with Gasteiger partial charge in [0.15, 0.2) is 0 Å². The van der Waals surface area contributed by atoms with E-state index in [0.29, 0.717) is 0 Å². The van der Waals surface area contributed by atoms with E-state index in [1.165, 1.54) is 34.9 Å². The molecular weight excluding hydrogens is 375 g/mol. The second-order valence-corrected chi connectivity index (χ2v) is 9.51. The van der Waals surface area contributed by atoms with Crippen molar-refractivity contribution in [2.75, 3.05) is 6.16 Å². The second-order valence-electron chi connectivity index (χ2n) is 5.89. The Balaban J connectivity index is 0.00000208. The first-order valence-electron chi connectivity index (χ1n) is 8.43. The molecule has 3 rings (SSSR count). The Morgan fingerprint density at radius 2 is 0.917 bits per heavy atom. The van der Waals surface area contributed by atoms with Crippen LogP contribution in [0.3, 0.4) is 0 Å². The van der Waals surface area contributed by atoms with Gasteiger partial charge < -0.3 is 0 Å². The van der Waals surface area contributed by atoms with Crippen LogP contribution in [0.1, 0.15) is 19.8 Å². The molecule has 0 aliphatic rings. The van der Waals surface area contributed by atoms with Crippen molar-refractivity contribution in [1.29, 1.82) is 0 Å². The van der Waals surface area contributed by atoms with Gasteiger partial charge in [-0.2, -0.15) is 0 Å². The van der Waals surface area contributed by atoms with Crippen molar-refractivity contribution in [1.82, 2.24) is 0 Å². The molecule has 0 atom stereocenters. The molecule has 0 bridgehead atoms. The molecule has 3 aromatic rings. The topological polar surface area (TPSA) is 0 Å². The zero-order chi connectivity index (χ0) is 16.0. The monoisotopic (exact) mass is 399 g/mol. The summed E-state index contributed by atoms with van der Waals surface area (Å²) in [6, 6.07) is 33.4. The highest BCUT2D eigenvalue weighted by Crippen LogP contribution is 2.55. The lowest BCUT2D eigenvalue weighted by molar-refractivity contribution is 0.891. The Morgan fingerprint density at radius 1 is 0.583 bits per heavy atom. The highest BCUT2D eigenvalue weighted by Gasteiger charge is 2.44. The molecule has 0 saturated heterocycles. The zero-order valence-corrected chi connectivity index (χ0v) is 16.7. The summed E-state index contributed by atoms with van der Waals surface area (Å²) in [5.74, 6) is 0. The van der Waals surface area contributed by atoms with Crippen LogP contribution in [-0.2, 0) is 0 Å². The second kappa shape index (κ2) is 9.16. The van der Waals surface area contributed by atoms with Crippen molar-refractivity contribution in [2.24, 2.45) is 0 Å². The number of unbranched alkanes of at least 4 members (excludes halogenated alkanes) is 1. The Labute approximate surface area is 157 Å². The molecule has 0 aromatic heterocycles. The third-order valence-electron chi connectivity index (χ3n) is 4.44. The van der Waals surface area contributed by atoms with Crippen molar-refractivity contribution >= 4 is 40.2 Å². The van der Waals surface area contributed by atoms with E-state index in [4.69, 9.17) is 0 Å². The summed E-state index contributed by atoms with van der Waals surface area (Å²) in [5.41, 5.74) is 0. The molecule has 0 saturated carbocycles. The summed E-state index contributed by atoms with van der Waals surface area (Å²) in [5, 5.41) is 4.47. The van der Waals surface area contributed by atoms with E-state index in [0.717, 1.165) is 0 Å². The average Bonchev–Trinajstić information content (AvgIpc) is 2.65. The third-order valence-corrected chi connectivity index (χ3v) is 8.96. The molecule has 0 unspecified atom stereocenters. The first-order valence-corrected chi connectivity index (χ1v) is 10.4. The molecule has 2 heteroatoms. The molecule has 0 nitrogen and oxygen atoms in total. The van der Waals surface area contributed by atoms with E-state index in [9.17, 15) is 0 Å². The summed E-state index contributed by atoms with van der Waals surface area (Å²) in [4.78, 5) is 0. The van der Waals surface area contributed by atoms with Crippen molar-refractivity contribution in [3.05, 3.63) is 91.0 Å². The molecule has 0 radical (unpaired) electrons. The fraction of sp³-hybridized carbons (Fsp3) is 0.182. The highest BCUT2D eigenvalue weighted by molar-refractivity contribution is 8.93. The molecule has 124 valence electrons. The number of hydrogen-bond donors (Lipinski definition) is 0. The van der Waals surface area contributed by atoms with Gasteiger partial charge in [0.2, 0.25) is 0 Å². The summed E-state index contributed by atoms with van der Waals surface area (Å²) in [6.45, 7) is 2.29. The quantitative estimate of drug-likeness (QED) is 0.489. The van der Waals surface area contributed by atoms with Gasteiger partial charge in [0.1, 0.15) is 23.2 Å². The van der Waals surface area contributed by atoms with Gasteiger partial charge in [-0.15, -0.1) is 17.0 Å². The lowest BCUT2D eigenvalue weighted by atomic mass is 10.3. The zero-order valence-electron chi connectivity index (χ0n) is 14.1. The number of rotatable bonds is 6. The number of benzene rings is 3. The number of halogens is 1. The van der Waals surface area contributed by atoms with Gasteiger partial charge in [0.25, 0.3) is 0 Å². The third kappa shape index (κ3) is 3.79. The first kappa shape index (κ1) is 18.9. The number of hydrogen-bond acceptors (Lipinski definition) is 0. The van der Waals surface area contributed by atoms with Crippen LogP contribution in [0.2, 0.25) is 0 Å². The van der Waals surface area contributed by atoms with Crippen LogP contribution >= 0.6 is 24.2 Å². The van der Waals surface area contributed by atoms with Crippen LogP contribution in [0.25, 0.3) is 0 Å². The van der Waals surface area contributed by atoms with Crippen molar-refractivity contribution in [2.45, 2.75) is 19.8 Å². The van der Waals surface area contributed by atoms with Gasteiger partial charge in [-0.1, -0.05) is 67.9 Å². The Bertz CT molecular complexity index is 614. The molecule has 0 fully saturated rings. The fourth-order valence-electron chi connectivity index (χ4n) is 3.28. The minimum Gasteiger partial charge on any atom is -0.114 e. The Hall–Kier alpha value is -1.43. The van der Waals surface area contributed by atoms with Gasteiger partial charge in [0, 0.05) is 0 Å². The Morgan fingerprint density at radius 3 is 1.21 bits per heavy atom. The molecule has 0 heterocycles. The lowest BCUT2D eigenvalue weighted by Crippen LogP contribution is -2.33. The maximum Gasteiger partial charge on any atom is 0.112 e. The summed E-state index contributed by atoms with van der Waals surface area (Å²) in [6.07, 6.45) is 3.72. The van der Waals surface area contributed by atoms with Crippen molar-refractivity contribution in [3.63, 3.8) is 0 Å². The van der Waals surface area contributed by atoms with Gasteiger partial charge in [-0.05, 0) is 42.8 Å². The van der Waals surface area contributed by atoms with E-state index in [1.54, 1.807) is 0 Å². The van der Waals surface area contributed by atoms with Gasteiger partial charge >= 0.3 is 0 Å². The summed E-state index contributed by atoms with van der Waals surface area (Å²) < 4.78 is 0.